The van der Waals surface area contributed by atoms with Crippen molar-refractivity contribution in [1.29, 1.82) is 0 Å². The number of aryl methyl sites for hydroxylation is 2. The molecule has 0 radical (unpaired) electrons. The van der Waals surface area contributed by atoms with Gasteiger partial charge < -0.3 is 19.5 Å². The molecule has 0 aliphatic heterocycles. The van der Waals surface area contributed by atoms with Crippen molar-refractivity contribution in [2.75, 3.05) is 19.5 Å². The normalized spacial score (nSPS) is 10.9. The highest BCUT2D eigenvalue weighted by atomic mass is 16.6. The zero-order chi connectivity index (χ0) is 26.2. The fourth-order valence-corrected chi connectivity index (χ4v) is 3.32. The van der Waals surface area contributed by atoms with Gasteiger partial charge in [-0.15, -0.1) is 0 Å². The number of amides is 2. The van der Waals surface area contributed by atoms with Crippen LogP contribution in [0.1, 0.15) is 34.0 Å². The second kappa shape index (κ2) is 11.7. The van der Waals surface area contributed by atoms with Crippen LogP contribution in [0.3, 0.4) is 0 Å². The third-order valence-corrected chi connectivity index (χ3v) is 5.34. The molecular weight excluding hydrogens is 462 g/mol. The highest BCUT2D eigenvalue weighted by molar-refractivity contribution is 6.39. The van der Waals surface area contributed by atoms with Crippen LogP contribution in [0.5, 0.6) is 17.2 Å². The number of para-hydroxylation sites is 1. The maximum absolute atomic E-state index is 12.5. The summed E-state index contributed by atoms with van der Waals surface area (Å²) in [5.74, 6) is -1.29. The SMILES string of the molecule is COc1cccc(C(=O)Oc2ccc(C(C)=NNC(=O)C(=O)Nc3c(C)cccc3C)cc2OC)c1. The second-order valence-corrected chi connectivity index (χ2v) is 7.85. The Hall–Kier alpha value is -4.66. The largest absolute Gasteiger partial charge is 0.497 e. The van der Waals surface area contributed by atoms with Crippen molar-refractivity contribution in [2.45, 2.75) is 20.8 Å². The van der Waals surface area contributed by atoms with Crippen molar-refractivity contribution >= 4 is 29.2 Å². The number of carbonyl (C=O) groups excluding carboxylic acids is 3. The van der Waals surface area contributed by atoms with Crippen LogP contribution in [-0.2, 0) is 9.59 Å². The molecule has 0 spiro atoms. The molecule has 0 aromatic heterocycles. The van der Waals surface area contributed by atoms with Gasteiger partial charge >= 0.3 is 17.8 Å². The van der Waals surface area contributed by atoms with E-state index in [0.717, 1.165) is 11.1 Å². The van der Waals surface area contributed by atoms with Crippen molar-refractivity contribution in [3.05, 3.63) is 82.9 Å². The molecular formula is C27H27N3O6. The summed E-state index contributed by atoms with van der Waals surface area (Å²) in [6.45, 7) is 5.34. The Labute approximate surface area is 209 Å². The summed E-state index contributed by atoms with van der Waals surface area (Å²) in [7, 11) is 2.95. The molecule has 3 aromatic carbocycles. The van der Waals surface area contributed by atoms with Gasteiger partial charge in [-0.2, -0.15) is 5.10 Å². The number of nitrogens with one attached hydrogen (secondary N) is 2. The summed E-state index contributed by atoms with van der Waals surface area (Å²) in [4.78, 5) is 37.1. The Morgan fingerprint density at radius 3 is 2.14 bits per heavy atom. The first-order valence-electron chi connectivity index (χ1n) is 11.0. The van der Waals surface area contributed by atoms with Crippen molar-refractivity contribution in [3.8, 4) is 17.2 Å². The average Bonchev–Trinajstić information content (AvgIpc) is 2.89. The molecule has 9 nitrogen and oxygen atoms in total. The van der Waals surface area contributed by atoms with Gasteiger partial charge in [0.2, 0.25) is 0 Å². The van der Waals surface area contributed by atoms with Crippen LogP contribution < -0.4 is 25.0 Å². The summed E-state index contributed by atoms with van der Waals surface area (Å²) in [6.07, 6.45) is 0. The fourth-order valence-electron chi connectivity index (χ4n) is 3.32. The lowest BCUT2D eigenvalue weighted by Gasteiger charge is -2.12. The average molecular weight is 490 g/mol. The quantitative estimate of drug-likeness (QED) is 0.170. The number of rotatable bonds is 7. The first-order chi connectivity index (χ1) is 17.2. The number of hydrazone groups is 1. The monoisotopic (exact) mass is 489 g/mol. The van der Waals surface area contributed by atoms with Gasteiger partial charge in [0.15, 0.2) is 11.5 Å². The van der Waals surface area contributed by atoms with Gasteiger partial charge in [0.1, 0.15) is 5.75 Å². The fraction of sp³-hybridized carbons (Fsp3) is 0.185. The predicted octanol–water partition coefficient (Wildman–Crippen LogP) is 4.02. The van der Waals surface area contributed by atoms with E-state index in [9.17, 15) is 14.4 Å². The molecule has 0 unspecified atom stereocenters. The van der Waals surface area contributed by atoms with Gasteiger partial charge in [-0.25, -0.2) is 10.2 Å². The molecule has 0 aliphatic carbocycles. The maximum atomic E-state index is 12.5. The molecule has 0 aliphatic rings. The third kappa shape index (κ3) is 6.26. The minimum absolute atomic E-state index is 0.207. The van der Waals surface area contributed by atoms with Crippen LogP contribution in [0, 0.1) is 13.8 Å². The molecule has 2 N–H and O–H groups in total. The number of hydrogen-bond acceptors (Lipinski definition) is 7. The van der Waals surface area contributed by atoms with E-state index in [-0.39, 0.29) is 11.5 Å². The summed E-state index contributed by atoms with van der Waals surface area (Å²) in [5, 5.41) is 6.62. The summed E-state index contributed by atoms with van der Waals surface area (Å²) in [6, 6.07) is 17.0. The van der Waals surface area contributed by atoms with Crippen LogP contribution in [0.15, 0.2) is 65.8 Å². The lowest BCUT2D eigenvalue weighted by Crippen LogP contribution is -2.33. The Kier molecular flexibility index (Phi) is 8.40. The van der Waals surface area contributed by atoms with E-state index in [4.69, 9.17) is 14.2 Å². The molecule has 0 bridgehead atoms. The van der Waals surface area contributed by atoms with Crippen molar-refractivity contribution < 1.29 is 28.6 Å². The van der Waals surface area contributed by atoms with E-state index in [0.29, 0.717) is 28.3 Å². The van der Waals surface area contributed by atoms with Crippen molar-refractivity contribution in [3.63, 3.8) is 0 Å². The zero-order valence-electron chi connectivity index (χ0n) is 20.7. The number of hydrogen-bond donors (Lipinski definition) is 2. The lowest BCUT2D eigenvalue weighted by atomic mass is 10.1. The smallest absolute Gasteiger partial charge is 0.343 e. The number of benzene rings is 3. The Balaban J connectivity index is 1.69. The van der Waals surface area contributed by atoms with E-state index < -0.39 is 17.8 Å². The number of esters is 1. The number of ether oxygens (including phenoxy) is 3. The van der Waals surface area contributed by atoms with E-state index in [1.54, 1.807) is 49.4 Å². The van der Waals surface area contributed by atoms with Crippen molar-refractivity contribution in [1.82, 2.24) is 5.43 Å². The van der Waals surface area contributed by atoms with Gasteiger partial charge in [0, 0.05) is 11.3 Å². The van der Waals surface area contributed by atoms with Gasteiger partial charge in [-0.1, -0.05) is 24.3 Å². The second-order valence-electron chi connectivity index (χ2n) is 7.85. The Morgan fingerprint density at radius 2 is 1.47 bits per heavy atom. The predicted molar refractivity (Wildman–Crippen MR) is 136 cm³/mol. The van der Waals surface area contributed by atoms with Gasteiger partial charge in [0.05, 0.1) is 25.5 Å². The molecule has 0 atom stereocenters. The number of carbonyl (C=O) groups is 3. The number of anilines is 1. The molecule has 2 amide bonds. The van der Waals surface area contributed by atoms with E-state index >= 15 is 0 Å². The molecule has 186 valence electrons. The van der Waals surface area contributed by atoms with Crippen LogP contribution in [0.4, 0.5) is 5.69 Å². The molecule has 0 heterocycles. The summed E-state index contributed by atoms with van der Waals surface area (Å²) < 4.78 is 16.0. The molecule has 36 heavy (non-hydrogen) atoms. The van der Waals surface area contributed by atoms with Crippen LogP contribution in [0.25, 0.3) is 0 Å². The summed E-state index contributed by atoms with van der Waals surface area (Å²) >= 11 is 0. The molecule has 9 heteroatoms. The van der Waals surface area contributed by atoms with Gasteiger partial charge in [-0.05, 0) is 68.3 Å². The van der Waals surface area contributed by atoms with Crippen molar-refractivity contribution in [2.24, 2.45) is 5.10 Å². The number of methoxy groups -OCH3 is 2. The van der Waals surface area contributed by atoms with E-state index in [1.807, 2.05) is 32.0 Å². The topological polar surface area (TPSA) is 115 Å². The Bertz CT molecular complexity index is 1310. The highest BCUT2D eigenvalue weighted by Crippen LogP contribution is 2.29. The third-order valence-electron chi connectivity index (χ3n) is 5.34. The molecule has 3 rings (SSSR count). The Morgan fingerprint density at radius 1 is 0.778 bits per heavy atom. The molecule has 0 saturated heterocycles. The van der Waals surface area contributed by atoms with Crippen LogP contribution >= 0.6 is 0 Å². The minimum Gasteiger partial charge on any atom is -0.497 e. The van der Waals surface area contributed by atoms with Gasteiger partial charge in [-0.3, -0.25) is 9.59 Å². The summed E-state index contributed by atoms with van der Waals surface area (Å²) in [5.41, 5.74) is 5.84. The first kappa shape index (κ1) is 26.0. The lowest BCUT2D eigenvalue weighted by molar-refractivity contribution is -0.136. The molecule has 3 aromatic rings. The highest BCUT2D eigenvalue weighted by Gasteiger charge is 2.17. The van der Waals surface area contributed by atoms with Crippen LogP contribution in [-0.4, -0.2) is 37.7 Å². The van der Waals surface area contributed by atoms with Crippen LogP contribution in [0.2, 0.25) is 0 Å². The van der Waals surface area contributed by atoms with Gasteiger partial charge in [0.25, 0.3) is 0 Å². The first-order valence-corrected chi connectivity index (χ1v) is 11.0. The van der Waals surface area contributed by atoms with E-state index in [1.165, 1.54) is 14.2 Å². The molecule has 0 saturated carbocycles. The molecule has 0 fully saturated rings. The van der Waals surface area contributed by atoms with E-state index in [2.05, 4.69) is 15.8 Å². The standard InChI is InChI=1S/C27H27N3O6/c1-16-8-6-9-17(2)24(16)28-25(31)26(32)30-29-18(3)19-12-13-22(23(15-19)35-5)36-27(33)20-10-7-11-21(14-20)34-4/h6-15H,1-5H3,(H,28,31)(H,30,32). The number of nitrogens with zero attached hydrogens (tertiary/aromatic N) is 1. The minimum atomic E-state index is -0.909. The maximum Gasteiger partial charge on any atom is 0.343 e. The zero-order valence-corrected chi connectivity index (χ0v) is 20.7.